The van der Waals surface area contributed by atoms with Gasteiger partial charge in [-0.25, -0.2) is 0 Å². The van der Waals surface area contributed by atoms with E-state index in [2.05, 4.69) is 6.92 Å². The predicted molar refractivity (Wildman–Crippen MR) is 82.3 cm³/mol. The molecule has 4 heteroatoms. The molecule has 1 aliphatic heterocycles. The van der Waals surface area contributed by atoms with E-state index in [1.54, 1.807) is 0 Å². The highest BCUT2D eigenvalue weighted by atomic mass is 16.7. The lowest BCUT2D eigenvalue weighted by Gasteiger charge is -2.68. The van der Waals surface area contributed by atoms with Crippen molar-refractivity contribution in [3.05, 3.63) is 0 Å². The molecule has 5 rings (SSSR count). The summed E-state index contributed by atoms with van der Waals surface area (Å²) in [7, 11) is 0. The summed E-state index contributed by atoms with van der Waals surface area (Å²) in [6.45, 7) is 5.97. The van der Waals surface area contributed by atoms with Crippen molar-refractivity contribution < 1.29 is 19.1 Å². The SMILES string of the molecule is C[C@@H]1CCC(=O)[C@@H]2C[C@@]34C[C@@H]5CCC[C@]51C23OC(C)(C)OC4=O. The van der Waals surface area contributed by atoms with Gasteiger partial charge in [-0.2, -0.15) is 0 Å². The van der Waals surface area contributed by atoms with Crippen LogP contribution in [0.3, 0.4) is 0 Å². The van der Waals surface area contributed by atoms with Crippen molar-refractivity contribution in [2.45, 2.75) is 77.1 Å². The number of hydrogen-bond acceptors (Lipinski definition) is 4. The zero-order valence-electron chi connectivity index (χ0n) is 14.3. The third-order valence-electron chi connectivity index (χ3n) is 8.14. The minimum absolute atomic E-state index is 0.00120. The van der Waals surface area contributed by atoms with E-state index in [9.17, 15) is 9.59 Å². The number of ketones is 1. The van der Waals surface area contributed by atoms with Crippen molar-refractivity contribution in [2.24, 2.45) is 28.6 Å². The van der Waals surface area contributed by atoms with Crippen LogP contribution in [0.25, 0.3) is 0 Å². The van der Waals surface area contributed by atoms with Crippen molar-refractivity contribution in [3.8, 4) is 0 Å². The molecule has 2 spiro atoms. The van der Waals surface area contributed by atoms with Gasteiger partial charge in [0.2, 0.25) is 5.79 Å². The molecule has 1 heterocycles. The first-order valence-corrected chi connectivity index (χ1v) is 9.25. The van der Waals surface area contributed by atoms with Gasteiger partial charge in [-0.15, -0.1) is 0 Å². The molecule has 5 fully saturated rings. The maximum atomic E-state index is 13.0. The molecule has 4 aliphatic carbocycles. The minimum Gasteiger partial charge on any atom is -0.433 e. The molecule has 0 aromatic heterocycles. The van der Waals surface area contributed by atoms with Gasteiger partial charge in [0.05, 0.1) is 5.41 Å². The number of hydrogen-bond donors (Lipinski definition) is 0. The van der Waals surface area contributed by atoms with Gasteiger partial charge in [0.15, 0.2) is 0 Å². The molecular formula is C19H26O4. The zero-order valence-corrected chi connectivity index (χ0v) is 14.3. The monoisotopic (exact) mass is 318 g/mol. The van der Waals surface area contributed by atoms with Crippen molar-refractivity contribution in [2.75, 3.05) is 0 Å². The topological polar surface area (TPSA) is 52.6 Å². The Hall–Kier alpha value is -0.900. The van der Waals surface area contributed by atoms with E-state index in [1.807, 2.05) is 13.8 Å². The summed E-state index contributed by atoms with van der Waals surface area (Å²) in [5.41, 5.74) is -1.14. The Kier molecular flexibility index (Phi) is 2.41. The first-order chi connectivity index (χ1) is 10.8. The number of cyclic esters (lactones) is 1. The molecular weight excluding hydrogens is 292 g/mol. The molecule has 0 N–H and O–H groups in total. The van der Waals surface area contributed by atoms with E-state index < -0.39 is 16.8 Å². The number of Topliss-reactive ketones (excluding diaryl/α,β-unsaturated/α-hetero) is 1. The van der Waals surface area contributed by atoms with Crippen LogP contribution in [-0.4, -0.2) is 23.1 Å². The molecule has 0 bridgehead atoms. The third kappa shape index (κ3) is 1.26. The van der Waals surface area contributed by atoms with Crippen LogP contribution in [-0.2, 0) is 19.1 Å². The van der Waals surface area contributed by atoms with Crippen LogP contribution in [0.1, 0.15) is 65.7 Å². The fourth-order valence-corrected chi connectivity index (χ4v) is 7.60. The second-order valence-electron chi connectivity index (χ2n) is 9.21. The van der Waals surface area contributed by atoms with Crippen LogP contribution >= 0.6 is 0 Å². The number of rotatable bonds is 0. The summed E-state index contributed by atoms with van der Waals surface area (Å²) in [6, 6.07) is 0. The second-order valence-corrected chi connectivity index (χ2v) is 9.21. The molecule has 1 saturated heterocycles. The number of esters is 1. The van der Waals surface area contributed by atoms with Gasteiger partial charge in [-0.1, -0.05) is 13.3 Å². The Balaban J connectivity index is 1.79. The Morgan fingerprint density at radius 1 is 1.13 bits per heavy atom. The van der Waals surface area contributed by atoms with E-state index in [4.69, 9.17) is 9.47 Å². The van der Waals surface area contributed by atoms with Crippen molar-refractivity contribution in [3.63, 3.8) is 0 Å². The van der Waals surface area contributed by atoms with E-state index in [-0.39, 0.29) is 17.3 Å². The molecule has 0 aromatic rings. The van der Waals surface area contributed by atoms with Gasteiger partial charge >= 0.3 is 5.97 Å². The Labute approximate surface area is 137 Å². The number of ether oxygens (including phenoxy) is 2. The lowest BCUT2D eigenvalue weighted by atomic mass is 9.43. The second kappa shape index (κ2) is 3.84. The first kappa shape index (κ1) is 14.4. The Morgan fingerprint density at radius 2 is 1.91 bits per heavy atom. The van der Waals surface area contributed by atoms with E-state index in [0.29, 0.717) is 30.5 Å². The fraction of sp³-hybridized carbons (Fsp3) is 0.895. The predicted octanol–water partition coefficient (Wildman–Crippen LogP) is 3.23. The van der Waals surface area contributed by atoms with Crippen molar-refractivity contribution in [1.29, 1.82) is 0 Å². The number of carbonyl (C=O) groups is 2. The maximum absolute atomic E-state index is 13.0. The summed E-state index contributed by atoms with van der Waals surface area (Å²) in [4.78, 5) is 25.9. The van der Waals surface area contributed by atoms with Gasteiger partial charge in [0.25, 0.3) is 0 Å². The zero-order chi connectivity index (χ0) is 16.3. The highest BCUT2D eigenvalue weighted by Gasteiger charge is 2.89. The fourth-order valence-electron chi connectivity index (χ4n) is 7.60. The molecule has 0 aromatic carbocycles. The highest BCUT2D eigenvalue weighted by Crippen LogP contribution is 2.82. The van der Waals surface area contributed by atoms with Gasteiger partial charge < -0.3 is 9.47 Å². The van der Waals surface area contributed by atoms with Crippen LogP contribution in [0.2, 0.25) is 0 Å². The van der Waals surface area contributed by atoms with Crippen molar-refractivity contribution in [1.82, 2.24) is 0 Å². The smallest absolute Gasteiger partial charge is 0.317 e. The molecule has 1 unspecified atom stereocenters. The van der Waals surface area contributed by atoms with Gasteiger partial charge in [-0.05, 0) is 43.9 Å². The lowest BCUT2D eigenvalue weighted by Crippen LogP contribution is -2.78. The molecule has 4 saturated carbocycles. The summed E-state index contributed by atoms with van der Waals surface area (Å²) < 4.78 is 12.3. The molecule has 23 heavy (non-hydrogen) atoms. The average molecular weight is 318 g/mol. The summed E-state index contributed by atoms with van der Waals surface area (Å²) in [5, 5.41) is 0. The Morgan fingerprint density at radius 3 is 2.70 bits per heavy atom. The third-order valence-corrected chi connectivity index (χ3v) is 8.14. The van der Waals surface area contributed by atoms with Crippen LogP contribution in [0.15, 0.2) is 0 Å². The molecule has 126 valence electrons. The summed E-state index contributed by atoms with van der Waals surface area (Å²) in [6.07, 6.45) is 6.60. The lowest BCUT2D eigenvalue weighted by molar-refractivity contribution is -0.388. The van der Waals surface area contributed by atoms with E-state index in [0.717, 1.165) is 19.3 Å². The van der Waals surface area contributed by atoms with Crippen molar-refractivity contribution >= 4 is 11.8 Å². The standard InChI is InChI=1S/C19H26O4/c1-11-6-7-14(20)13-10-17-9-12-5-4-8-18(11,12)19(13,17)23-16(2,3)22-15(17)21/h11-13H,4-10H2,1-3H3/t11-,12+,13+,17-,18-,19?/m1/s1. The molecule has 4 nitrogen and oxygen atoms in total. The maximum Gasteiger partial charge on any atom is 0.317 e. The molecule has 6 atom stereocenters. The average Bonchev–Trinajstić information content (AvgIpc) is 2.92. The summed E-state index contributed by atoms with van der Waals surface area (Å²) >= 11 is 0. The van der Waals surface area contributed by atoms with Gasteiger partial charge in [0, 0.05) is 31.6 Å². The normalized spacial score (nSPS) is 56.0. The van der Waals surface area contributed by atoms with Crippen LogP contribution in [0, 0.1) is 28.6 Å². The largest absolute Gasteiger partial charge is 0.433 e. The van der Waals surface area contributed by atoms with Gasteiger partial charge in [0.1, 0.15) is 11.4 Å². The van der Waals surface area contributed by atoms with Crippen LogP contribution in [0.4, 0.5) is 0 Å². The summed E-state index contributed by atoms with van der Waals surface area (Å²) in [5.74, 6) is 0.155. The molecule has 0 amide bonds. The Bertz CT molecular complexity index is 625. The van der Waals surface area contributed by atoms with Crippen LogP contribution in [0.5, 0.6) is 0 Å². The molecule has 5 aliphatic rings. The van der Waals surface area contributed by atoms with Crippen LogP contribution < -0.4 is 0 Å². The minimum atomic E-state index is -0.923. The van der Waals surface area contributed by atoms with Gasteiger partial charge in [-0.3, -0.25) is 9.59 Å². The number of carbonyl (C=O) groups excluding carboxylic acids is 2. The highest BCUT2D eigenvalue weighted by molar-refractivity contribution is 5.92. The quantitative estimate of drug-likeness (QED) is 0.644. The molecule has 0 radical (unpaired) electrons. The van der Waals surface area contributed by atoms with E-state index in [1.165, 1.54) is 12.8 Å². The van der Waals surface area contributed by atoms with E-state index >= 15 is 0 Å². The first-order valence-electron chi connectivity index (χ1n) is 9.25.